The molecule has 1 aromatic heterocycles. The van der Waals surface area contributed by atoms with Gasteiger partial charge in [0.25, 0.3) is 0 Å². The first-order chi connectivity index (χ1) is 13.2. The summed E-state index contributed by atoms with van der Waals surface area (Å²) >= 11 is 0. The first kappa shape index (κ1) is 18.1. The zero-order chi connectivity index (χ0) is 18.8. The van der Waals surface area contributed by atoms with Crippen LogP contribution in [0.15, 0.2) is 24.3 Å². The molecule has 142 valence electrons. The predicted octanol–water partition coefficient (Wildman–Crippen LogP) is 2.38. The lowest BCUT2D eigenvalue weighted by molar-refractivity contribution is -0.126. The summed E-state index contributed by atoms with van der Waals surface area (Å²) in [6.45, 7) is 6.51. The highest BCUT2D eigenvalue weighted by Gasteiger charge is 2.30. The number of aromatic nitrogens is 2. The third kappa shape index (κ3) is 3.74. The summed E-state index contributed by atoms with van der Waals surface area (Å²) in [5, 5.41) is 3.12. The fourth-order valence-corrected chi connectivity index (χ4v) is 4.38. The van der Waals surface area contributed by atoms with Gasteiger partial charge in [-0.3, -0.25) is 9.69 Å². The van der Waals surface area contributed by atoms with E-state index in [9.17, 15) is 4.79 Å². The van der Waals surface area contributed by atoms with Crippen molar-refractivity contribution in [1.82, 2.24) is 20.2 Å². The van der Waals surface area contributed by atoms with Crippen LogP contribution in [0.2, 0.25) is 0 Å². The molecule has 1 aromatic carbocycles. The van der Waals surface area contributed by atoms with Gasteiger partial charge in [-0.2, -0.15) is 0 Å². The minimum absolute atomic E-state index is 0.0902. The molecule has 1 aliphatic carbocycles. The van der Waals surface area contributed by atoms with Crippen molar-refractivity contribution in [3.63, 3.8) is 0 Å². The Bertz CT molecular complexity index is 848. The highest BCUT2D eigenvalue weighted by Crippen LogP contribution is 2.24. The molecule has 2 aliphatic rings. The zero-order valence-corrected chi connectivity index (χ0v) is 16.3. The third-order valence-electron chi connectivity index (χ3n) is 5.89. The highest BCUT2D eigenvalue weighted by atomic mass is 16.2. The van der Waals surface area contributed by atoms with E-state index in [1.54, 1.807) is 0 Å². The van der Waals surface area contributed by atoms with Crippen LogP contribution in [0, 0.1) is 6.92 Å². The number of carbonyl (C=O) groups excluding carboxylic acids is 1. The van der Waals surface area contributed by atoms with Gasteiger partial charge in [0.15, 0.2) is 0 Å². The van der Waals surface area contributed by atoms with Crippen LogP contribution in [0.1, 0.15) is 47.2 Å². The minimum Gasteiger partial charge on any atom is -0.354 e. The number of fused-ring (bicyclic) bond motifs is 2. The minimum atomic E-state index is -0.0902. The largest absolute Gasteiger partial charge is 0.354 e. The van der Waals surface area contributed by atoms with Gasteiger partial charge in [0, 0.05) is 30.9 Å². The van der Waals surface area contributed by atoms with Crippen LogP contribution in [-0.4, -0.2) is 39.9 Å². The van der Waals surface area contributed by atoms with E-state index in [1.165, 1.54) is 28.8 Å². The maximum Gasteiger partial charge on any atom is 0.237 e. The second-order valence-electron chi connectivity index (χ2n) is 7.60. The van der Waals surface area contributed by atoms with Crippen molar-refractivity contribution < 1.29 is 4.79 Å². The Morgan fingerprint density at radius 1 is 1.22 bits per heavy atom. The van der Waals surface area contributed by atoms with Gasteiger partial charge in [-0.1, -0.05) is 31.2 Å². The summed E-state index contributed by atoms with van der Waals surface area (Å²) in [4.78, 5) is 24.4. The van der Waals surface area contributed by atoms with Gasteiger partial charge in [-0.25, -0.2) is 9.97 Å². The molecule has 0 saturated carbocycles. The van der Waals surface area contributed by atoms with Crippen molar-refractivity contribution >= 4 is 5.91 Å². The van der Waals surface area contributed by atoms with E-state index in [-0.39, 0.29) is 11.9 Å². The number of amides is 1. The number of nitrogens with one attached hydrogen (secondary N) is 1. The number of hydrogen-bond acceptors (Lipinski definition) is 4. The first-order valence-corrected chi connectivity index (χ1v) is 10.1. The molecular weight excluding hydrogens is 336 g/mol. The number of carbonyl (C=O) groups is 1. The van der Waals surface area contributed by atoms with E-state index in [4.69, 9.17) is 4.98 Å². The van der Waals surface area contributed by atoms with Gasteiger partial charge in [-0.15, -0.1) is 0 Å². The highest BCUT2D eigenvalue weighted by molar-refractivity contribution is 5.82. The smallest absolute Gasteiger partial charge is 0.237 e. The molecule has 0 spiro atoms. The lowest BCUT2D eigenvalue weighted by Gasteiger charge is -2.35. The molecule has 27 heavy (non-hydrogen) atoms. The molecule has 5 nitrogen and oxygen atoms in total. The fourth-order valence-electron chi connectivity index (χ4n) is 4.38. The Labute approximate surface area is 161 Å². The lowest BCUT2D eigenvalue weighted by atomic mass is 9.93. The molecule has 1 N–H and O–H groups in total. The molecule has 0 fully saturated rings. The van der Waals surface area contributed by atoms with Crippen LogP contribution in [0.5, 0.6) is 0 Å². The average Bonchev–Trinajstić information content (AvgIpc) is 3.16. The predicted molar refractivity (Wildman–Crippen MR) is 106 cm³/mol. The van der Waals surface area contributed by atoms with E-state index >= 15 is 0 Å². The Balaban J connectivity index is 1.37. The maximum absolute atomic E-state index is 12.8. The summed E-state index contributed by atoms with van der Waals surface area (Å²) < 4.78 is 0. The average molecular weight is 364 g/mol. The van der Waals surface area contributed by atoms with Crippen LogP contribution < -0.4 is 5.32 Å². The quantitative estimate of drug-likeness (QED) is 0.885. The van der Waals surface area contributed by atoms with E-state index in [0.717, 1.165) is 43.9 Å². The molecule has 4 rings (SSSR count). The van der Waals surface area contributed by atoms with E-state index < -0.39 is 0 Å². The summed E-state index contributed by atoms with van der Waals surface area (Å²) in [6, 6.07) is 8.35. The molecule has 2 aromatic rings. The Morgan fingerprint density at radius 3 is 2.85 bits per heavy atom. The monoisotopic (exact) mass is 364 g/mol. The number of aryl methyl sites for hydroxylation is 2. The summed E-state index contributed by atoms with van der Waals surface area (Å²) in [5.41, 5.74) is 6.29. The van der Waals surface area contributed by atoms with Crippen molar-refractivity contribution in [2.24, 2.45) is 0 Å². The van der Waals surface area contributed by atoms with Crippen molar-refractivity contribution in [3.8, 4) is 0 Å². The SMILES string of the molecule is CCN1Cc2ccccc2CC1C(=O)NCCc1nc(C)c2c(n1)CCC2. The second-order valence-corrected chi connectivity index (χ2v) is 7.60. The van der Waals surface area contributed by atoms with Gasteiger partial charge >= 0.3 is 0 Å². The van der Waals surface area contributed by atoms with Crippen molar-refractivity contribution in [3.05, 3.63) is 58.2 Å². The third-order valence-corrected chi connectivity index (χ3v) is 5.89. The molecule has 1 amide bonds. The van der Waals surface area contributed by atoms with Gasteiger partial charge < -0.3 is 5.32 Å². The number of benzene rings is 1. The lowest BCUT2D eigenvalue weighted by Crippen LogP contribution is -2.50. The molecule has 0 saturated heterocycles. The molecule has 1 unspecified atom stereocenters. The van der Waals surface area contributed by atoms with E-state index in [2.05, 4.69) is 53.3 Å². The first-order valence-electron chi connectivity index (χ1n) is 10.1. The van der Waals surface area contributed by atoms with Crippen molar-refractivity contribution in [2.45, 2.75) is 58.5 Å². The molecule has 1 atom stereocenters. The molecule has 2 heterocycles. The Morgan fingerprint density at radius 2 is 2.04 bits per heavy atom. The van der Waals surface area contributed by atoms with Gasteiger partial charge in [0.05, 0.1) is 6.04 Å². The van der Waals surface area contributed by atoms with Crippen LogP contribution in [0.25, 0.3) is 0 Å². The van der Waals surface area contributed by atoms with E-state index in [0.29, 0.717) is 13.0 Å². The number of likely N-dealkylation sites (N-methyl/N-ethyl adjacent to an activating group) is 1. The Kier molecular flexibility index (Phi) is 5.21. The number of hydrogen-bond donors (Lipinski definition) is 1. The van der Waals surface area contributed by atoms with E-state index in [1.807, 2.05) is 0 Å². The van der Waals surface area contributed by atoms with Gasteiger partial charge in [0.2, 0.25) is 5.91 Å². The summed E-state index contributed by atoms with van der Waals surface area (Å²) in [7, 11) is 0. The Hall–Kier alpha value is -2.27. The maximum atomic E-state index is 12.8. The van der Waals surface area contributed by atoms with Crippen molar-refractivity contribution in [1.29, 1.82) is 0 Å². The fraction of sp³-hybridized carbons (Fsp3) is 0.500. The summed E-state index contributed by atoms with van der Waals surface area (Å²) in [6.07, 6.45) is 4.82. The normalized spacial score (nSPS) is 18.8. The molecule has 0 bridgehead atoms. The molecule has 5 heteroatoms. The van der Waals surface area contributed by atoms with Gasteiger partial charge in [0.1, 0.15) is 5.82 Å². The number of rotatable bonds is 5. The molecule has 1 aliphatic heterocycles. The van der Waals surface area contributed by atoms with Crippen LogP contribution in [0.3, 0.4) is 0 Å². The molecular formula is C22H28N4O. The number of nitrogens with zero attached hydrogens (tertiary/aromatic N) is 3. The summed E-state index contributed by atoms with van der Waals surface area (Å²) in [5.74, 6) is 0.971. The van der Waals surface area contributed by atoms with Crippen molar-refractivity contribution in [2.75, 3.05) is 13.1 Å². The van der Waals surface area contributed by atoms with Gasteiger partial charge in [-0.05, 0) is 55.8 Å². The zero-order valence-electron chi connectivity index (χ0n) is 16.3. The van der Waals surface area contributed by atoms with Crippen LogP contribution in [-0.2, 0) is 37.0 Å². The topological polar surface area (TPSA) is 58.1 Å². The van der Waals surface area contributed by atoms with Crippen LogP contribution >= 0.6 is 0 Å². The molecule has 0 radical (unpaired) electrons. The second kappa shape index (κ2) is 7.77. The van der Waals surface area contributed by atoms with Crippen LogP contribution in [0.4, 0.5) is 0 Å². The standard InChI is InChI=1S/C22H28N4O/c1-3-26-14-17-8-5-4-7-16(17)13-20(26)22(27)23-12-11-21-24-15(2)18-9-6-10-19(18)25-21/h4-5,7-8,20H,3,6,9-14H2,1-2H3,(H,23,27).